The minimum Gasteiger partial charge on any atom is -0.493 e. The van der Waals surface area contributed by atoms with E-state index in [1.807, 2.05) is 30.3 Å². The molecule has 8 nitrogen and oxygen atoms in total. The number of fused-ring (bicyclic) bond motifs is 1. The van der Waals surface area contributed by atoms with E-state index < -0.39 is 0 Å². The zero-order valence-corrected chi connectivity index (χ0v) is 22.4. The second kappa shape index (κ2) is 13.4. The summed E-state index contributed by atoms with van der Waals surface area (Å²) in [7, 11) is 3.18. The van der Waals surface area contributed by atoms with Gasteiger partial charge in [-0.2, -0.15) is 0 Å². The lowest BCUT2D eigenvalue weighted by molar-refractivity contribution is 0.0367. The van der Waals surface area contributed by atoms with Crippen molar-refractivity contribution in [2.75, 3.05) is 60.2 Å². The third kappa shape index (κ3) is 7.44. The summed E-state index contributed by atoms with van der Waals surface area (Å²) in [5.41, 5.74) is 2.48. The Labute approximate surface area is 223 Å². The summed E-state index contributed by atoms with van der Waals surface area (Å²) in [6.07, 6.45) is 1.82. The number of benzene rings is 2. The number of pyridine rings is 1. The number of H-pyrrole nitrogens is 1. The first-order valence-electron chi connectivity index (χ1n) is 12.7. The van der Waals surface area contributed by atoms with Crippen LogP contribution in [0.2, 0.25) is 0 Å². The first-order valence-corrected chi connectivity index (χ1v) is 13.1. The van der Waals surface area contributed by atoms with Crippen molar-refractivity contribution in [3.05, 3.63) is 70.0 Å². The predicted octanol–water partition coefficient (Wildman–Crippen LogP) is 3.19. The third-order valence-electron chi connectivity index (χ3n) is 6.61. The zero-order chi connectivity index (χ0) is 26.0. The van der Waals surface area contributed by atoms with E-state index in [0.29, 0.717) is 34.2 Å². The van der Waals surface area contributed by atoms with Crippen LogP contribution in [0.5, 0.6) is 11.5 Å². The highest BCUT2D eigenvalue weighted by Crippen LogP contribution is 2.31. The Balaban J connectivity index is 1.48. The van der Waals surface area contributed by atoms with Gasteiger partial charge in [0.05, 0.1) is 39.5 Å². The van der Waals surface area contributed by atoms with Crippen LogP contribution in [-0.4, -0.2) is 80.1 Å². The van der Waals surface area contributed by atoms with Gasteiger partial charge in [0.15, 0.2) is 16.6 Å². The molecule has 3 aromatic rings. The Morgan fingerprint density at radius 2 is 1.84 bits per heavy atom. The number of thiocarbonyl (C=S) groups is 1. The number of nitrogens with one attached hydrogen (secondary N) is 2. The van der Waals surface area contributed by atoms with Crippen molar-refractivity contribution in [2.24, 2.45) is 0 Å². The van der Waals surface area contributed by atoms with Crippen LogP contribution < -0.4 is 20.3 Å². The summed E-state index contributed by atoms with van der Waals surface area (Å²) in [5.74, 6) is 1.19. The van der Waals surface area contributed by atoms with Gasteiger partial charge in [-0.15, -0.1) is 0 Å². The van der Waals surface area contributed by atoms with Crippen molar-refractivity contribution in [1.29, 1.82) is 0 Å². The molecule has 1 saturated heterocycles. The molecule has 2 heterocycles. The van der Waals surface area contributed by atoms with E-state index in [9.17, 15) is 4.79 Å². The van der Waals surface area contributed by atoms with Crippen LogP contribution in [0.3, 0.4) is 0 Å². The topological polar surface area (TPSA) is 79.1 Å². The van der Waals surface area contributed by atoms with Gasteiger partial charge in [0.1, 0.15) is 0 Å². The van der Waals surface area contributed by atoms with E-state index in [2.05, 4.69) is 32.2 Å². The molecule has 2 N–H and O–H groups in total. The smallest absolute Gasteiger partial charge is 0.253 e. The molecule has 0 saturated carbocycles. The number of hydrogen-bond acceptors (Lipinski definition) is 6. The number of aromatic nitrogens is 1. The number of methoxy groups -OCH3 is 2. The highest BCUT2D eigenvalue weighted by Gasteiger charge is 2.16. The molecule has 1 aliphatic heterocycles. The summed E-state index contributed by atoms with van der Waals surface area (Å²) < 4.78 is 16.3. The van der Waals surface area contributed by atoms with Crippen LogP contribution in [0, 0.1) is 0 Å². The molecule has 198 valence electrons. The van der Waals surface area contributed by atoms with Crippen molar-refractivity contribution < 1.29 is 14.2 Å². The van der Waals surface area contributed by atoms with Gasteiger partial charge in [0, 0.05) is 49.7 Å². The Kier molecular flexibility index (Phi) is 9.76. The SMILES string of the molecule is COc1cc2cc(CN(CCCN3CCOCC3)C(=S)NCCc3ccccc3)c(=O)[nH]c2cc1OC. The van der Waals surface area contributed by atoms with E-state index in [4.69, 9.17) is 26.4 Å². The van der Waals surface area contributed by atoms with Crippen molar-refractivity contribution in [1.82, 2.24) is 20.1 Å². The molecular formula is C28H36N4O4S. The number of ether oxygens (including phenoxy) is 3. The molecule has 0 unspecified atom stereocenters. The molecule has 0 radical (unpaired) electrons. The second-order valence-electron chi connectivity index (χ2n) is 9.11. The van der Waals surface area contributed by atoms with Crippen molar-refractivity contribution >= 4 is 28.2 Å². The van der Waals surface area contributed by atoms with Crippen LogP contribution in [0.1, 0.15) is 17.5 Å². The van der Waals surface area contributed by atoms with Crippen molar-refractivity contribution in [3.8, 4) is 11.5 Å². The Morgan fingerprint density at radius 3 is 2.57 bits per heavy atom. The maximum Gasteiger partial charge on any atom is 0.253 e. The Morgan fingerprint density at radius 1 is 1.11 bits per heavy atom. The van der Waals surface area contributed by atoms with Gasteiger partial charge in [-0.1, -0.05) is 30.3 Å². The maximum atomic E-state index is 13.0. The average Bonchev–Trinajstić information content (AvgIpc) is 2.93. The first-order chi connectivity index (χ1) is 18.1. The zero-order valence-electron chi connectivity index (χ0n) is 21.6. The van der Waals surface area contributed by atoms with Gasteiger partial charge in [-0.25, -0.2) is 0 Å². The van der Waals surface area contributed by atoms with Crippen LogP contribution in [-0.2, 0) is 17.7 Å². The number of hydrogen-bond donors (Lipinski definition) is 2. The molecule has 2 aromatic carbocycles. The van der Waals surface area contributed by atoms with Crippen LogP contribution >= 0.6 is 12.2 Å². The number of rotatable bonds is 11. The summed E-state index contributed by atoms with van der Waals surface area (Å²) >= 11 is 5.80. The quantitative estimate of drug-likeness (QED) is 0.371. The standard InChI is InChI=1S/C28H36N4O4S/c1-34-25-18-22-17-23(27(33)30-24(22)19-26(25)35-2)20-32(12-6-11-31-13-15-36-16-14-31)28(37)29-10-9-21-7-4-3-5-8-21/h3-5,7-8,17-19H,6,9-16,20H2,1-2H3,(H,29,37)(H,30,33). The van der Waals surface area contributed by atoms with E-state index in [1.165, 1.54) is 5.56 Å². The molecule has 0 amide bonds. The minimum atomic E-state index is -0.134. The van der Waals surface area contributed by atoms with E-state index in [0.717, 1.165) is 64.2 Å². The van der Waals surface area contributed by atoms with E-state index in [-0.39, 0.29) is 5.56 Å². The third-order valence-corrected chi connectivity index (χ3v) is 7.02. The van der Waals surface area contributed by atoms with Gasteiger partial charge in [-0.05, 0) is 42.8 Å². The summed E-state index contributed by atoms with van der Waals surface area (Å²) in [4.78, 5) is 20.5. The maximum absolute atomic E-state index is 13.0. The van der Waals surface area contributed by atoms with Gasteiger partial charge in [0.2, 0.25) is 0 Å². The lowest BCUT2D eigenvalue weighted by Crippen LogP contribution is -2.43. The largest absolute Gasteiger partial charge is 0.493 e. The van der Waals surface area contributed by atoms with E-state index >= 15 is 0 Å². The highest BCUT2D eigenvalue weighted by molar-refractivity contribution is 7.80. The molecule has 1 fully saturated rings. The molecule has 37 heavy (non-hydrogen) atoms. The molecule has 0 atom stereocenters. The fourth-order valence-electron chi connectivity index (χ4n) is 4.53. The summed E-state index contributed by atoms with van der Waals surface area (Å²) in [5, 5.41) is 4.94. The molecular weight excluding hydrogens is 488 g/mol. The molecule has 1 aliphatic rings. The van der Waals surface area contributed by atoms with Gasteiger partial charge in [-0.3, -0.25) is 9.69 Å². The summed E-state index contributed by atoms with van der Waals surface area (Å²) in [6.45, 7) is 6.34. The predicted molar refractivity (Wildman–Crippen MR) is 151 cm³/mol. The summed E-state index contributed by atoms with van der Waals surface area (Å²) in [6, 6.07) is 15.9. The number of nitrogens with zero attached hydrogens (tertiary/aromatic N) is 2. The fraction of sp³-hybridized carbons (Fsp3) is 0.429. The lowest BCUT2D eigenvalue weighted by Gasteiger charge is -2.29. The molecule has 0 spiro atoms. The molecule has 4 rings (SSSR count). The monoisotopic (exact) mass is 524 g/mol. The normalized spacial score (nSPS) is 13.9. The number of morpholine rings is 1. The molecule has 9 heteroatoms. The highest BCUT2D eigenvalue weighted by atomic mass is 32.1. The van der Waals surface area contributed by atoms with Gasteiger partial charge >= 0.3 is 0 Å². The van der Waals surface area contributed by atoms with Crippen molar-refractivity contribution in [2.45, 2.75) is 19.4 Å². The Bertz CT molecular complexity index is 1230. The van der Waals surface area contributed by atoms with Crippen LogP contribution in [0.15, 0.2) is 53.3 Å². The Hall–Kier alpha value is -3.14. The second-order valence-corrected chi connectivity index (χ2v) is 9.50. The first kappa shape index (κ1) is 26.9. The van der Waals surface area contributed by atoms with Crippen LogP contribution in [0.4, 0.5) is 0 Å². The average molecular weight is 525 g/mol. The minimum absolute atomic E-state index is 0.134. The van der Waals surface area contributed by atoms with Gasteiger partial charge < -0.3 is 29.4 Å². The van der Waals surface area contributed by atoms with Gasteiger partial charge in [0.25, 0.3) is 5.56 Å². The van der Waals surface area contributed by atoms with Crippen molar-refractivity contribution in [3.63, 3.8) is 0 Å². The number of aromatic amines is 1. The van der Waals surface area contributed by atoms with Crippen LogP contribution in [0.25, 0.3) is 10.9 Å². The molecule has 0 aliphatic carbocycles. The molecule has 0 bridgehead atoms. The lowest BCUT2D eigenvalue weighted by atomic mass is 10.1. The van der Waals surface area contributed by atoms with E-state index in [1.54, 1.807) is 20.3 Å². The fourth-order valence-corrected chi connectivity index (χ4v) is 4.79. The molecule has 1 aromatic heterocycles.